The molecule has 2 heteroatoms. The highest BCUT2D eigenvalue weighted by Gasteiger charge is 2.24. The van der Waals surface area contributed by atoms with E-state index in [1.807, 2.05) is 0 Å². The van der Waals surface area contributed by atoms with Crippen LogP contribution in [0, 0.1) is 11.8 Å². The van der Waals surface area contributed by atoms with Crippen LogP contribution in [0.5, 0.6) is 0 Å². The topological polar surface area (TPSA) is 32.3 Å². The minimum absolute atomic E-state index is 0.0413. The first-order valence-electron chi connectivity index (χ1n) is 8.21. The van der Waals surface area contributed by atoms with Gasteiger partial charge >= 0.3 is 0 Å². The summed E-state index contributed by atoms with van der Waals surface area (Å²) in [5, 5.41) is 13.7. The Bertz CT molecular complexity index is 231. The maximum Gasteiger partial charge on any atom is 0.0580 e. The molecule has 0 aliphatic heterocycles. The molecule has 4 atom stereocenters. The number of nitrogens with one attached hydrogen (secondary N) is 1. The smallest absolute Gasteiger partial charge is 0.0580 e. The number of hydrogen-bond acceptors (Lipinski definition) is 2. The van der Waals surface area contributed by atoms with Crippen LogP contribution in [0.25, 0.3) is 0 Å². The Morgan fingerprint density at radius 2 is 1.78 bits per heavy atom. The van der Waals surface area contributed by atoms with Crippen LogP contribution in [0.1, 0.15) is 71.1 Å². The third-order valence-electron chi connectivity index (χ3n) is 5.20. The summed E-state index contributed by atoms with van der Waals surface area (Å²) in [4.78, 5) is 0. The SMILES string of the molecule is CCC1CCCC(NCC2CCCCC2O)CC1. The lowest BCUT2D eigenvalue weighted by Crippen LogP contribution is -2.38. The van der Waals surface area contributed by atoms with E-state index in [2.05, 4.69) is 12.2 Å². The highest BCUT2D eigenvalue weighted by atomic mass is 16.3. The second-order valence-electron chi connectivity index (χ2n) is 6.50. The Kier molecular flexibility index (Phi) is 5.97. The first-order valence-corrected chi connectivity index (χ1v) is 8.21. The molecule has 106 valence electrons. The normalized spacial score (nSPS) is 38.3. The van der Waals surface area contributed by atoms with Crippen LogP contribution < -0.4 is 5.32 Å². The van der Waals surface area contributed by atoms with Gasteiger partial charge in [-0.25, -0.2) is 0 Å². The van der Waals surface area contributed by atoms with Crippen molar-refractivity contribution in [2.75, 3.05) is 6.54 Å². The summed E-state index contributed by atoms with van der Waals surface area (Å²) >= 11 is 0. The molecule has 2 aliphatic carbocycles. The molecule has 0 heterocycles. The van der Waals surface area contributed by atoms with Crippen molar-refractivity contribution in [3.63, 3.8) is 0 Å². The van der Waals surface area contributed by atoms with Crippen LogP contribution in [0.15, 0.2) is 0 Å². The van der Waals surface area contributed by atoms with Gasteiger partial charge in [-0.05, 0) is 43.9 Å². The van der Waals surface area contributed by atoms with Crippen molar-refractivity contribution in [2.24, 2.45) is 11.8 Å². The minimum atomic E-state index is -0.0413. The molecular formula is C16H31NO. The third kappa shape index (κ3) is 4.24. The lowest BCUT2D eigenvalue weighted by Gasteiger charge is -2.29. The van der Waals surface area contributed by atoms with E-state index in [0.29, 0.717) is 5.92 Å². The van der Waals surface area contributed by atoms with E-state index < -0.39 is 0 Å². The van der Waals surface area contributed by atoms with E-state index in [9.17, 15) is 5.11 Å². The molecule has 0 aromatic heterocycles. The fourth-order valence-corrected chi connectivity index (χ4v) is 3.74. The highest BCUT2D eigenvalue weighted by Crippen LogP contribution is 2.27. The van der Waals surface area contributed by atoms with Gasteiger partial charge < -0.3 is 10.4 Å². The molecule has 0 amide bonds. The summed E-state index contributed by atoms with van der Waals surface area (Å²) in [6.45, 7) is 3.37. The fraction of sp³-hybridized carbons (Fsp3) is 1.00. The summed E-state index contributed by atoms with van der Waals surface area (Å²) in [6, 6.07) is 0.718. The average molecular weight is 253 g/mol. The first-order chi connectivity index (χ1) is 8.79. The maximum absolute atomic E-state index is 9.99. The molecule has 0 radical (unpaired) electrons. The molecule has 0 bridgehead atoms. The first kappa shape index (κ1) is 14.3. The van der Waals surface area contributed by atoms with E-state index >= 15 is 0 Å². The van der Waals surface area contributed by atoms with Crippen molar-refractivity contribution in [1.29, 1.82) is 0 Å². The van der Waals surface area contributed by atoms with Crippen molar-refractivity contribution in [3.05, 3.63) is 0 Å². The molecule has 2 N–H and O–H groups in total. The van der Waals surface area contributed by atoms with E-state index in [1.54, 1.807) is 0 Å². The van der Waals surface area contributed by atoms with Gasteiger partial charge in [-0.1, -0.05) is 39.0 Å². The van der Waals surface area contributed by atoms with Crippen LogP contribution in [-0.4, -0.2) is 23.8 Å². The Balaban J connectivity index is 1.69. The molecule has 2 saturated carbocycles. The van der Waals surface area contributed by atoms with Gasteiger partial charge in [0.2, 0.25) is 0 Å². The fourth-order valence-electron chi connectivity index (χ4n) is 3.74. The molecule has 0 aromatic carbocycles. The molecule has 2 aliphatic rings. The monoisotopic (exact) mass is 253 g/mol. The van der Waals surface area contributed by atoms with Crippen molar-refractivity contribution in [1.82, 2.24) is 5.32 Å². The lowest BCUT2D eigenvalue weighted by molar-refractivity contribution is 0.0678. The number of hydrogen-bond donors (Lipinski definition) is 2. The van der Waals surface area contributed by atoms with Crippen LogP contribution in [-0.2, 0) is 0 Å². The van der Waals surface area contributed by atoms with E-state index in [0.717, 1.165) is 24.9 Å². The molecule has 2 nitrogen and oxygen atoms in total. The van der Waals surface area contributed by atoms with Crippen molar-refractivity contribution in [2.45, 2.75) is 83.3 Å². The predicted octanol–water partition coefficient (Wildman–Crippen LogP) is 3.49. The Morgan fingerprint density at radius 3 is 2.56 bits per heavy atom. The third-order valence-corrected chi connectivity index (χ3v) is 5.20. The van der Waals surface area contributed by atoms with Crippen LogP contribution >= 0.6 is 0 Å². The molecular weight excluding hydrogens is 222 g/mol. The summed E-state index contributed by atoms with van der Waals surface area (Å²) in [5.74, 6) is 1.49. The van der Waals surface area contributed by atoms with Gasteiger partial charge in [0.05, 0.1) is 6.10 Å². The molecule has 0 saturated heterocycles. The summed E-state index contributed by atoms with van der Waals surface area (Å²) < 4.78 is 0. The molecule has 0 aromatic rings. The number of rotatable bonds is 4. The van der Waals surface area contributed by atoms with Crippen molar-refractivity contribution >= 4 is 0 Å². The largest absolute Gasteiger partial charge is 0.393 e. The zero-order valence-electron chi connectivity index (χ0n) is 12.0. The van der Waals surface area contributed by atoms with Crippen molar-refractivity contribution < 1.29 is 5.11 Å². The van der Waals surface area contributed by atoms with Gasteiger partial charge in [-0.2, -0.15) is 0 Å². The van der Waals surface area contributed by atoms with Gasteiger partial charge in [0, 0.05) is 12.6 Å². The van der Waals surface area contributed by atoms with Crippen LogP contribution in [0.2, 0.25) is 0 Å². The zero-order valence-corrected chi connectivity index (χ0v) is 12.0. The lowest BCUT2D eigenvalue weighted by atomic mass is 9.86. The molecule has 0 spiro atoms. The van der Waals surface area contributed by atoms with Gasteiger partial charge in [0.1, 0.15) is 0 Å². The van der Waals surface area contributed by atoms with Gasteiger partial charge in [0.15, 0.2) is 0 Å². The zero-order chi connectivity index (χ0) is 12.8. The standard InChI is InChI=1S/C16H31NO/c1-2-13-6-5-8-15(11-10-13)17-12-14-7-3-4-9-16(14)18/h13-18H,2-12H2,1H3. The molecule has 4 unspecified atom stereocenters. The highest BCUT2D eigenvalue weighted by molar-refractivity contribution is 4.80. The Labute approximate surface area is 113 Å². The van der Waals surface area contributed by atoms with Gasteiger partial charge in [-0.3, -0.25) is 0 Å². The quantitative estimate of drug-likeness (QED) is 0.752. The maximum atomic E-state index is 9.99. The summed E-state index contributed by atoms with van der Waals surface area (Å²) in [5.41, 5.74) is 0. The second-order valence-corrected chi connectivity index (χ2v) is 6.50. The van der Waals surface area contributed by atoms with E-state index in [1.165, 1.54) is 57.8 Å². The van der Waals surface area contributed by atoms with Gasteiger partial charge in [-0.15, -0.1) is 0 Å². The number of aliphatic hydroxyl groups is 1. The van der Waals surface area contributed by atoms with Gasteiger partial charge in [0.25, 0.3) is 0 Å². The van der Waals surface area contributed by atoms with Crippen LogP contribution in [0.3, 0.4) is 0 Å². The molecule has 2 fully saturated rings. The Morgan fingerprint density at radius 1 is 0.944 bits per heavy atom. The number of aliphatic hydroxyl groups excluding tert-OH is 1. The van der Waals surface area contributed by atoms with Crippen LogP contribution in [0.4, 0.5) is 0 Å². The summed E-state index contributed by atoms with van der Waals surface area (Å²) in [6.07, 6.45) is 13.0. The van der Waals surface area contributed by atoms with E-state index in [4.69, 9.17) is 0 Å². The summed E-state index contributed by atoms with van der Waals surface area (Å²) in [7, 11) is 0. The van der Waals surface area contributed by atoms with E-state index in [-0.39, 0.29) is 6.10 Å². The Hall–Kier alpha value is -0.0800. The van der Waals surface area contributed by atoms with Crippen molar-refractivity contribution in [3.8, 4) is 0 Å². The second kappa shape index (κ2) is 7.49. The molecule has 2 rings (SSSR count). The molecule has 18 heavy (non-hydrogen) atoms. The average Bonchev–Trinajstić information content (AvgIpc) is 2.63. The predicted molar refractivity (Wildman–Crippen MR) is 76.6 cm³/mol. The minimum Gasteiger partial charge on any atom is -0.393 e.